The van der Waals surface area contributed by atoms with Crippen LogP contribution in [-0.2, 0) is 0 Å². The summed E-state index contributed by atoms with van der Waals surface area (Å²) in [7, 11) is 2.10. The van der Waals surface area contributed by atoms with Gasteiger partial charge in [-0.25, -0.2) is 9.69 Å². The first-order chi connectivity index (χ1) is 12.7. The van der Waals surface area contributed by atoms with Gasteiger partial charge in [0, 0.05) is 32.4 Å². The van der Waals surface area contributed by atoms with Crippen molar-refractivity contribution in [2.45, 2.75) is 0 Å². The molecule has 4 rings (SSSR count). The maximum atomic E-state index is 12.9. The standard InChI is InChI=1S/C19H21N5OS.ClH/c1-22-9-11-23(12-10-22)21-19(25)16-14-24(15-6-3-2-4-7-15)20-18(16)17-8-5-13-26-17;/h2-8,13-14H,9-12H2,1H3,(H,21,25);1H/p-1. The fraction of sp³-hybridized carbons (Fsp3) is 0.263. The molecule has 0 atom stereocenters. The minimum absolute atomic E-state index is 0. The summed E-state index contributed by atoms with van der Waals surface area (Å²) in [5.41, 5.74) is 5.29. The summed E-state index contributed by atoms with van der Waals surface area (Å²) >= 11 is 1.59. The molecule has 0 saturated carbocycles. The van der Waals surface area contributed by atoms with Crippen LogP contribution in [0.1, 0.15) is 10.4 Å². The van der Waals surface area contributed by atoms with E-state index in [1.54, 1.807) is 16.0 Å². The lowest BCUT2D eigenvalue weighted by Crippen LogP contribution is -3.00. The van der Waals surface area contributed by atoms with Gasteiger partial charge in [0.1, 0.15) is 5.69 Å². The number of carbonyl (C=O) groups excluding carboxylic acids is 1. The molecule has 8 heteroatoms. The maximum absolute atomic E-state index is 12.9. The number of para-hydroxylation sites is 1. The molecule has 3 aromatic rings. The Bertz CT molecular complexity index is 873. The van der Waals surface area contributed by atoms with Gasteiger partial charge in [-0.1, -0.05) is 24.3 Å². The minimum Gasteiger partial charge on any atom is -1.00 e. The second-order valence-corrected chi connectivity index (χ2v) is 7.33. The highest BCUT2D eigenvalue weighted by Crippen LogP contribution is 2.27. The lowest BCUT2D eigenvalue weighted by atomic mass is 10.2. The predicted octanol–water partition coefficient (Wildman–Crippen LogP) is -0.503. The van der Waals surface area contributed by atoms with Crippen LogP contribution >= 0.6 is 11.3 Å². The van der Waals surface area contributed by atoms with Crippen LogP contribution in [-0.4, -0.2) is 58.8 Å². The zero-order valence-electron chi connectivity index (χ0n) is 15.0. The largest absolute Gasteiger partial charge is 1.00 e. The van der Waals surface area contributed by atoms with Crippen LogP contribution in [0.15, 0.2) is 54.0 Å². The Hall–Kier alpha value is -2.19. The van der Waals surface area contributed by atoms with E-state index < -0.39 is 0 Å². The first-order valence-electron chi connectivity index (χ1n) is 8.64. The molecule has 2 aromatic heterocycles. The van der Waals surface area contributed by atoms with Crippen LogP contribution in [0.4, 0.5) is 0 Å². The third-order valence-corrected chi connectivity index (χ3v) is 5.37. The average Bonchev–Trinajstić information content (AvgIpc) is 3.34. The van der Waals surface area contributed by atoms with Gasteiger partial charge in [-0.3, -0.25) is 10.2 Å². The number of thiophene rings is 1. The molecule has 1 amide bonds. The molecule has 0 aliphatic carbocycles. The zero-order valence-corrected chi connectivity index (χ0v) is 16.6. The molecule has 1 saturated heterocycles. The van der Waals surface area contributed by atoms with Gasteiger partial charge in [0.15, 0.2) is 0 Å². The van der Waals surface area contributed by atoms with Gasteiger partial charge in [-0.2, -0.15) is 5.10 Å². The van der Waals surface area contributed by atoms with Crippen LogP contribution in [0.3, 0.4) is 0 Å². The van der Waals surface area contributed by atoms with Crippen molar-refractivity contribution >= 4 is 17.2 Å². The van der Waals surface area contributed by atoms with Crippen molar-refractivity contribution in [2.24, 2.45) is 0 Å². The highest BCUT2D eigenvalue weighted by Gasteiger charge is 2.22. The average molecular weight is 403 g/mol. The summed E-state index contributed by atoms with van der Waals surface area (Å²) in [6.45, 7) is 3.54. The summed E-state index contributed by atoms with van der Waals surface area (Å²) in [4.78, 5) is 16.2. The number of benzene rings is 1. The van der Waals surface area contributed by atoms with Crippen LogP contribution in [0.25, 0.3) is 16.3 Å². The van der Waals surface area contributed by atoms with E-state index in [9.17, 15) is 4.79 Å². The zero-order chi connectivity index (χ0) is 17.9. The first-order valence-corrected chi connectivity index (χ1v) is 9.52. The van der Waals surface area contributed by atoms with Gasteiger partial charge in [0.2, 0.25) is 0 Å². The lowest BCUT2D eigenvalue weighted by molar-refractivity contribution is -0.0000153. The molecular weight excluding hydrogens is 382 g/mol. The van der Waals surface area contributed by atoms with E-state index in [1.807, 2.05) is 59.1 Å². The van der Waals surface area contributed by atoms with E-state index in [0.29, 0.717) is 5.56 Å². The van der Waals surface area contributed by atoms with Crippen LogP contribution in [0.5, 0.6) is 0 Å². The molecule has 6 nitrogen and oxygen atoms in total. The number of halogens is 1. The van der Waals surface area contributed by atoms with Gasteiger partial charge in [0.25, 0.3) is 5.91 Å². The summed E-state index contributed by atoms with van der Waals surface area (Å²) in [5.74, 6) is -0.111. The van der Waals surface area contributed by atoms with Crippen molar-refractivity contribution < 1.29 is 17.2 Å². The number of likely N-dealkylation sites (N-methyl/N-ethyl adjacent to an activating group) is 1. The number of hydrogen-bond donors (Lipinski definition) is 1. The van der Waals surface area contributed by atoms with E-state index >= 15 is 0 Å². The first kappa shape index (κ1) is 19.6. The van der Waals surface area contributed by atoms with Crippen molar-refractivity contribution in [1.29, 1.82) is 0 Å². The maximum Gasteiger partial charge on any atom is 0.269 e. The van der Waals surface area contributed by atoms with Crippen molar-refractivity contribution in [3.8, 4) is 16.3 Å². The van der Waals surface area contributed by atoms with E-state index in [1.165, 1.54) is 0 Å². The van der Waals surface area contributed by atoms with E-state index in [0.717, 1.165) is 42.4 Å². The lowest BCUT2D eigenvalue weighted by Gasteiger charge is -2.32. The Labute approximate surface area is 168 Å². The quantitative estimate of drug-likeness (QED) is 0.639. The molecule has 1 aromatic carbocycles. The monoisotopic (exact) mass is 402 g/mol. The molecular formula is C19H21ClN5OS-. The second kappa shape index (κ2) is 8.67. The molecule has 1 N–H and O–H groups in total. The van der Waals surface area contributed by atoms with Crippen molar-refractivity contribution in [3.05, 3.63) is 59.6 Å². The fourth-order valence-corrected chi connectivity index (χ4v) is 3.69. The number of nitrogens with one attached hydrogen (secondary N) is 1. The van der Waals surface area contributed by atoms with Crippen LogP contribution in [0, 0.1) is 0 Å². The summed E-state index contributed by atoms with van der Waals surface area (Å²) in [6.07, 6.45) is 1.82. The number of piperazine rings is 1. The molecule has 3 heterocycles. The van der Waals surface area contributed by atoms with Gasteiger partial charge < -0.3 is 17.3 Å². The molecule has 0 unspecified atom stereocenters. The third kappa shape index (κ3) is 4.39. The number of aromatic nitrogens is 2. The van der Waals surface area contributed by atoms with Gasteiger partial charge >= 0.3 is 0 Å². The topological polar surface area (TPSA) is 53.4 Å². The van der Waals surface area contributed by atoms with E-state index in [2.05, 4.69) is 22.5 Å². The Morgan fingerprint density at radius 3 is 2.48 bits per heavy atom. The molecule has 1 aliphatic heterocycles. The number of hydrazine groups is 1. The highest BCUT2D eigenvalue weighted by atomic mass is 35.5. The molecule has 0 spiro atoms. The van der Waals surface area contributed by atoms with Crippen molar-refractivity contribution in [2.75, 3.05) is 33.2 Å². The van der Waals surface area contributed by atoms with E-state index in [-0.39, 0.29) is 18.3 Å². The van der Waals surface area contributed by atoms with E-state index in [4.69, 9.17) is 0 Å². The Kier molecular flexibility index (Phi) is 6.28. The minimum atomic E-state index is -0.111. The van der Waals surface area contributed by atoms with Gasteiger partial charge in [-0.15, -0.1) is 11.3 Å². The molecule has 1 aliphatic rings. The highest BCUT2D eigenvalue weighted by molar-refractivity contribution is 7.13. The molecule has 0 radical (unpaired) electrons. The van der Waals surface area contributed by atoms with Crippen molar-refractivity contribution in [3.63, 3.8) is 0 Å². The Morgan fingerprint density at radius 1 is 1.07 bits per heavy atom. The number of hydrogen-bond acceptors (Lipinski definition) is 5. The molecule has 27 heavy (non-hydrogen) atoms. The Morgan fingerprint density at radius 2 is 1.81 bits per heavy atom. The number of nitrogens with zero attached hydrogens (tertiary/aromatic N) is 4. The molecule has 142 valence electrons. The third-order valence-electron chi connectivity index (χ3n) is 4.50. The fourth-order valence-electron chi connectivity index (χ4n) is 2.97. The number of amides is 1. The number of rotatable bonds is 4. The van der Waals surface area contributed by atoms with Crippen molar-refractivity contribution in [1.82, 2.24) is 25.1 Å². The van der Waals surface area contributed by atoms with Gasteiger partial charge in [0.05, 0.1) is 16.1 Å². The van der Waals surface area contributed by atoms with Crippen LogP contribution < -0.4 is 17.8 Å². The van der Waals surface area contributed by atoms with Crippen LogP contribution in [0.2, 0.25) is 0 Å². The predicted molar refractivity (Wildman–Crippen MR) is 103 cm³/mol. The summed E-state index contributed by atoms with van der Waals surface area (Å²) in [6, 6.07) is 13.8. The summed E-state index contributed by atoms with van der Waals surface area (Å²) in [5, 5.41) is 8.67. The smallest absolute Gasteiger partial charge is 0.269 e. The number of carbonyl (C=O) groups is 1. The Balaban J connectivity index is 0.00000210. The second-order valence-electron chi connectivity index (χ2n) is 6.38. The SMILES string of the molecule is CN1CCN(NC(=O)c2cn(-c3ccccc3)nc2-c2cccs2)CC1.[Cl-]. The molecule has 0 bridgehead atoms. The summed E-state index contributed by atoms with van der Waals surface area (Å²) < 4.78 is 1.77. The molecule has 1 fully saturated rings. The van der Waals surface area contributed by atoms with Gasteiger partial charge in [-0.05, 0) is 30.6 Å². The normalized spacial score (nSPS) is 15.3.